The van der Waals surface area contributed by atoms with Crippen LogP contribution in [0.25, 0.3) is 0 Å². The van der Waals surface area contributed by atoms with Crippen molar-refractivity contribution in [1.29, 1.82) is 0 Å². The van der Waals surface area contributed by atoms with Crippen molar-refractivity contribution in [2.45, 2.75) is 17.1 Å². The van der Waals surface area contributed by atoms with Crippen LogP contribution in [0.5, 0.6) is 0 Å². The highest BCUT2D eigenvalue weighted by Crippen LogP contribution is 2.26. The van der Waals surface area contributed by atoms with Gasteiger partial charge in [0.05, 0.1) is 10.6 Å². The van der Waals surface area contributed by atoms with Gasteiger partial charge in [-0.25, -0.2) is 4.39 Å². The molecule has 0 aliphatic heterocycles. The number of thioether (sulfide) groups is 1. The molecule has 0 aliphatic rings. The molecule has 0 aliphatic carbocycles. The summed E-state index contributed by atoms with van der Waals surface area (Å²) in [6, 6.07) is 11.4. The lowest BCUT2D eigenvalue weighted by Crippen LogP contribution is -2.25. The van der Waals surface area contributed by atoms with Crippen LogP contribution in [0.3, 0.4) is 0 Å². The molecule has 0 radical (unpaired) electrons. The molecule has 7 nitrogen and oxygen atoms in total. The molecule has 1 N–H and O–H groups in total. The number of esters is 1. The van der Waals surface area contributed by atoms with E-state index in [0.717, 1.165) is 11.8 Å². The van der Waals surface area contributed by atoms with Crippen LogP contribution < -0.4 is 5.32 Å². The molecule has 1 amide bonds. The first-order chi connectivity index (χ1) is 12.4. The molecule has 0 fully saturated rings. The Morgan fingerprint density at radius 2 is 1.88 bits per heavy atom. The van der Waals surface area contributed by atoms with E-state index in [4.69, 9.17) is 4.74 Å². The van der Waals surface area contributed by atoms with E-state index in [-0.39, 0.29) is 11.4 Å². The van der Waals surface area contributed by atoms with Gasteiger partial charge in [0.25, 0.3) is 11.6 Å². The van der Waals surface area contributed by atoms with E-state index in [0.29, 0.717) is 4.90 Å². The molecular formula is C17H15FN2O5S. The highest BCUT2D eigenvalue weighted by Gasteiger charge is 2.18. The van der Waals surface area contributed by atoms with Gasteiger partial charge in [-0.15, -0.1) is 11.8 Å². The second kappa shape index (κ2) is 8.95. The number of rotatable bonds is 7. The van der Waals surface area contributed by atoms with Gasteiger partial charge in [-0.05, 0) is 31.2 Å². The fourth-order valence-corrected chi connectivity index (χ4v) is 2.77. The number of ether oxygens (including phenoxy) is 1. The molecule has 0 heterocycles. The quantitative estimate of drug-likeness (QED) is 0.343. The van der Waals surface area contributed by atoms with Gasteiger partial charge >= 0.3 is 5.97 Å². The molecule has 0 bridgehead atoms. The molecule has 0 saturated carbocycles. The third-order valence-corrected chi connectivity index (χ3v) is 4.28. The predicted molar refractivity (Wildman–Crippen MR) is 94.4 cm³/mol. The molecule has 26 heavy (non-hydrogen) atoms. The second-order valence-electron chi connectivity index (χ2n) is 5.15. The lowest BCUT2D eigenvalue weighted by molar-refractivity contribution is -0.384. The van der Waals surface area contributed by atoms with Crippen molar-refractivity contribution < 1.29 is 23.6 Å². The van der Waals surface area contributed by atoms with Crippen molar-refractivity contribution in [1.82, 2.24) is 0 Å². The van der Waals surface area contributed by atoms with Gasteiger partial charge in [0.1, 0.15) is 11.1 Å². The number of amides is 1. The maximum Gasteiger partial charge on any atom is 0.319 e. The van der Waals surface area contributed by atoms with Gasteiger partial charge < -0.3 is 10.1 Å². The summed E-state index contributed by atoms with van der Waals surface area (Å²) in [5.41, 5.74) is -0.0451. The predicted octanol–water partition coefficient (Wildman–Crippen LogP) is 3.40. The summed E-state index contributed by atoms with van der Waals surface area (Å²) in [6.07, 6.45) is 0. The number of nitrogens with zero attached hydrogens (tertiary/aromatic N) is 1. The number of hydrogen-bond donors (Lipinski definition) is 1. The lowest BCUT2D eigenvalue weighted by Gasteiger charge is -2.11. The molecule has 0 aromatic heterocycles. The van der Waals surface area contributed by atoms with E-state index in [1.54, 1.807) is 13.0 Å². The van der Waals surface area contributed by atoms with Crippen LogP contribution >= 0.6 is 11.8 Å². The van der Waals surface area contributed by atoms with Crippen molar-refractivity contribution in [2.75, 3.05) is 11.9 Å². The summed E-state index contributed by atoms with van der Waals surface area (Å²) in [5.74, 6) is -1.87. The maximum absolute atomic E-state index is 13.4. The van der Waals surface area contributed by atoms with Crippen molar-refractivity contribution in [3.63, 3.8) is 0 Å². The Hall–Kier alpha value is -2.94. The van der Waals surface area contributed by atoms with Gasteiger partial charge in [-0.3, -0.25) is 19.7 Å². The topological polar surface area (TPSA) is 98.5 Å². The van der Waals surface area contributed by atoms with E-state index in [2.05, 4.69) is 5.32 Å². The summed E-state index contributed by atoms with van der Waals surface area (Å²) in [7, 11) is 0. The number of carbonyl (C=O) groups excluding carboxylic acids is 2. The number of nitro groups is 1. The molecule has 0 unspecified atom stereocenters. The van der Waals surface area contributed by atoms with Gasteiger partial charge in [0.2, 0.25) is 0 Å². The van der Waals surface area contributed by atoms with Crippen molar-refractivity contribution >= 4 is 35.0 Å². The first-order valence-corrected chi connectivity index (χ1v) is 8.37. The summed E-state index contributed by atoms with van der Waals surface area (Å²) >= 11 is 1.14. The number of anilines is 1. The molecule has 2 aromatic rings. The third kappa shape index (κ3) is 5.55. The average molecular weight is 378 g/mol. The van der Waals surface area contributed by atoms with Crippen LogP contribution in [-0.4, -0.2) is 28.7 Å². The number of para-hydroxylation sites is 1. The Morgan fingerprint density at radius 3 is 2.50 bits per heavy atom. The second-order valence-corrected chi connectivity index (χ2v) is 6.56. The molecule has 0 saturated heterocycles. The number of benzene rings is 2. The average Bonchev–Trinajstić information content (AvgIpc) is 2.62. The van der Waals surface area contributed by atoms with E-state index >= 15 is 0 Å². The number of hydrogen-bond acceptors (Lipinski definition) is 6. The van der Waals surface area contributed by atoms with Crippen LogP contribution in [0.1, 0.15) is 6.92 Å². The SMILES string of the molecule is C[C@@H](Sc1ccc([N+](=O)[O-])cc1)C(=O)OCC(=O)Nc1ccccc1F. The van der Waals surface area contributed by atoms with Crippen LogP contribution in [-0.2, 0) is 14.3 Å². The van der Waals surface area contributed by atoms with E-state index < -0.39 is 34.5 Å². The molecule has 0 spiro atoms. The third-order valence-electron chi connectivity index (χ3n) is 3.19. The zero-order valence-electron chi connectivity index (χ0n) is 13.7. The minimum Gasteiger partial charge on any atom is -0.455 e. The van der Waals surface area contributed by atoms with Gasteiger partial charge in [-0.1, -0.05) is 12.1 Å². The minimum atomic E-state index is -0.656. The fraction of sp³-hybridized carbons (Fsp3) is 0.176. The highest BCUT2D eigenvalue weighted by atomic mass is 32.2. The zero-order chi connectivity index (χ0) is 19.1. The summed E-state index contributed by atoms with van der Waals surface area (Å²) in [6.45, 7) is 1.04. The maximum atomic E-state index is 13.4. The number of halogens is 1. The van der Waals surface area contributed by atoms with E-state index in [1.165, 1.54) is 42.5 Å². The minimum absolute atomic E-state index is 0.00172. The Labute approximate surface area is 152 Å². The van der Waals surface area contributed by atoms with Crippen molar-refractivity contribution in [2.24, 2.45) is 0 Å². The molecule has 2 aromatic carbocycles. The number of nitrogens with one attached hydrogen (secondary N) is 1. The van der Waals surface area contributed by atoms with E-state index in [1.807, 2.05) is 0 Å². The van der Waals surface area contributed by atoms with Crippen LogP contribution in [0.2, 0.25) is 0 Å². The number of nitro benzene ring substituents is 1. The highest BCUT2D eigenvalue weighted by molar-refractivity contribution is 8.00. The first kappa shape index (κ1) is 19.4. The van der Waals surface area contributed by atoms with Gasteiger partial charge in [0, 0.05) is 17.0 Å². The largest absolute Gasteiger partial charge is 0.455 e. The van der Waals surface area contributed by atoms with Crippen molar-refractivity contribution in [3.8, 4) is 0 Å². The van der Waals surface area contributed by atoms with E-state index in [9.17, 15) is 24.1 Å². The summed E-state index contributed by atoms with van der Waals surface area (Å²) in [4.78, 5) is 34.4. The molecule has 1 atom stereocenters. The Morgan fingerprint density at radius 1 is 1.23 bits per heavy atom. The molecular weight excluding hydrogens is 363 g/mol. The number of carbonyl (C=O) groups is 2. The Bertz CT molecular complexity index is 813. The monoisotopic (exact) mass is 378 g/mol. The smallest absolute Gasteiger partial charge is 0.319 e. The van der Waals surface area contributed by atoms with Gasteiger partial charge in [-0.2, -0.15) is 0 Å². The Balaban J connectivity index is 1.82. The van der Waals surface area contributed by atoms with Crippen molar-refractivity contribution in [3.05, 3.63) is 64.5 Å². The lowest BCUT2D eigenvalue weighted by atomic mass is 10.3. The van der Waals surface area contributed by atoms with Gasteiger partial charge in [0.15, 0.2) is 6.61 Å². The molecule has 2 rings (SSSR count). The molecule has 9 heteroatoms. The summed E-state index contributed by atoms with van der Waals surface area (Å²) < 4.78 is 18.3. The van der Waals surface area contributed by atoms with Crippen LogP contribution in [0.4, 0.5) is 15.8 Å². The molecule has 136 valence electrons. The standard InChI is InChI=1S/C17H15FN2O5S/c1-11(26-13-8-6-12(7-9-13)20(23)24)17(22)25-10-16(21)19-15-5-3-2-4-14(15)18/h2-9,11H,10H2,1H3,(H,19,21)/t11-/m1/s1. The summed E-state index contributed by atoms with van der Waals surface area (Å²) in [5, 5.41) is 12.3. The van der Waals surface area contributed by atoms with Crippen LogP contribution in [0.15, 0.2) is 53.4 Å². The fourth-order valence-electron chi connectivity index (χ4n) is 1.90. The zero-order valence-corrected chi connectivity index (χ0v) is 14.5. The number of non-ortho nitro benzene ring substituents is 1. The Kier molecular flexibility index (Phi) is 6.67. The van der Waals surface area contributed by atoms with Crippen LogP contribution in [0, 0.1) is 15.9 Å². The normalized spacial score (nSPS) is 11.5. The first-order valence-electron chi connectivity index (χ1n) is 7.49.